The molecule has 0 radical (unpaired) electrons. The van der Waals surface area contributed by atoms with Gasteiger partial charge in [0.25, 0.3) is 0 Å². The van der Waals surface area contributed by atoms with Crippen LogP contribution in [0.5, 0.6) is 0 Å². The standard InChI is InChI=1S/C8H15N3/c9-3-5-11-4-1-2-8(6-10)7-11/h8H,1-2,4-7,10H2. The van der Waals surface area contributed by atoms with Crippen molar-refractivity contribution in [2.75, 3.05) is 26.2 Å². The molecule has 0 spiro atoms. The molecule has 0 aromatic carbocycles. The maximum Gasteiger partial charge on any atom is 0.0866 e. The first-order chi connectivity index (χ1) is 5.36. The lowest BCUT2D eigenvalue weighted by Gasteiger charge is -2.29. The molecule has 1 aliphatic heterocycles. The molecule has 0 aromatic heterocycles. The van der Waals surface area contributed by atoms with Crippen LogP contribution >= 0.6 is 0 Å². The number of piperidine rings is 1. The Morgan fingerprint density at radius 1 is 1.64 bits per heavy atom. The maximum atomic E-state index is 8.45. The summed E-state index contributed by atoms with van der Waals surface area (Å²) in [5.74, 6) is 0.622. The zero-order chi connectivity index (χ0) is 8.10. The highest BCUT2D eigenvalue weighted by atomic mass is 15.1. The quantitative estimate of drug-likeness (QED) is 0.576. The van der Waals surface area contributed by atoms with Gasteiger partial charge in [-0.05, 0) is 31.8 Å². The van der Waals surface area contributed by atoms with Crippen molar-refractivity contribution in [3.05, 3.63) is 0 Å². The van der Waals surface area contributed by atoms with E-state index >= 15 is 0 Å². The second-order valence-corrected chi connectivity index (χ2v) is 3.14. The fourth-order valence-electron chi connectivity index (χ4n) is 1.59. The average Bonchev–Trinajstić information content (AvgIpc) is 2.06. The molecule has 62 valence electrons. The number of hydrogen-bond donors (Lipinski definition) is 1. The number of likely N-dealkylation sites (tertiary alicyclic amines) is 1. The van der Waals surface area contributed by atoms with Gasteiger partial charge in [0.15, 0.2) is 0 Å². The van der Waals surface area contributed by atoms with Crippen molar-refractivity contribution in [1.29, 1.82) is 5.26 Å². The highest BCUT2D eigenvalue weighted by Crippen LogP contribution is 2.14. The molecule has 1 atom stereocenters. The van der Waals surface area contributed by atoms with Gasteiger partial charge in [-0.1, -0.05) is 0 Å². The number of rotatable bonds is 2. The van der Waals surface area contributed by atoms with Gasteiger partial charge in [0.2, 0.25) is 0 Å². The van der Waals surface area contributed by atoms with Gasteiger partial charge in [-0.2, -0.15) is 5.26 Å². The highest BCUT2D eigenvalue weighted by Gasteiger charge is 2.17. The molecular weight excluding hydrogens is 138 g/mol. The molecule has 0 amide bonds. The van der Waals surface area contributed by atoms with Crippen molar-refractivity contribution < 1.29 is 0 Å². The van der Waals surface area contributed by atoms with E-state index < -0.39 is 0 Å². The second-order valence-electron chi connectivity index (χ2n) is 3.14. The van der Waals surface area contributed by atoms with Crippen molar-refractivity contribution in [3.63, 3.8) is 0 Å². The summed E-state index contributed by atoms with van der Waals surface area (Å²) in [6.07, 6.45) is 2.43. The highest BCUT2D eigenvalue weighted by molar-refractivity contribution is 4.81. The van der Waals surface area contributed by atoms with Gasteiger partial charge < -0.3 is 5.73 Å². The van der Waals surface area contributed by atoms with Crippen LogP contribution in [0.25, 0.3) is 0 Å². The van der Waals surface area contributed by atoms with Crippen LogP contribution in [0.4, 0.5) is 0 Å². The van der Waals surface area contributed by atoms with Crippen molar-refractivity contribution in [3.8, 4) is 6.07 Å². The SMILES string of the molecule is N#CCN1CCCC(CN)C1. The summed E-state index contributed by atoms with van der Waals surface area (Å²) in [6, 6.07) is 2.17. The monoisotopic (exact) mass is 153 g/mol. The lowest BCUT2D eigenvalue weighted by atomic mass is 9.98. The molecule has 1 aliphatic rings. The Morgan fingerprint density at radius 2 is 2.45 bits per heavy atom. The van der Waals surface area contributed by atoms with E-state index in [2.05, 4.69) is 11.0 Å². The predicted octanol–water partition coefficient (Wildman–Crippen LogP) is 0.181. The second kappa shape index (κ2) is 4.32. The summed E-state index contributed by atoms with van der Waals surface area (Å²) >= 11 is 0. The molecule has 3 nitrogen and oxygen atoms in total. The van der Waals surface area contributed by atoms with E-state index in [1.807, 2.05) is 0 Å². The fraction of sp³-hybridized carbons (Fsp3) is 0.875. The molecule has 0 aromatic rings. The largest absolute Gasteiger partial charge is 0.330 e. The van der Waals surface area contributed by atoms with E-state index in [0.29, 0.717) is 12.5 Å². The summed E-state index contributed by atoms with van der Waals surface area (Å²) in [5, 5.41) is 8.45. The molecule has 1 unspecified atom stereocenters. The topological polar surface area (TPSA) is 53.0 Å². The third-order valence-corrected chi connectivity index (χ3v) is 2.23. The molecule has 1 fully saturated rings. The van der Waals surface area contributed by atoms with Gasteiger partial charge in [0.1, 0.15) is 0 Å². The fourth-order valence-corrected chi connectivity index (χ4v) is 1.59. The Labute approximate surface area is 67.8 Å². The van der Waals surface area contributed by atoms with Crippen molar-refractivity contribution >= 4 is 0 Å². The Kier molecular flexibility index (Phi) is 3.34. The summed E-state index contributed by atoms with van der Waals surface area (Å²) in [5.41, 5.74) is 5.55. The van der Waals surface area contributed by atoms with Crippen LogP contribution in [0.1, 0.15) is 12.8 Å². The molecule has 0 bridgehead atoms. The van der Waals surface area contributed by atoms with Crippen LogP contribution in [0.2, 0.25) is 0 Å². The van der Waals surface area contributed by atoms with Crippen LogP contribution in [-0.4, -0.2) is 31.1 Å². The van der Waals surface area contributed by atoms with Crippen molar-refractivity contribution in [1.82, 2.24) is 4.90 Å². The number of hydrogen-bond acceptors (Lipinski definition) is 3. The third kappa shape index (κ3) is 2.49. The predicted molar refractivity (Wildman–Crippen MR) is 43.8 cm³/mol. The first kappa shape index (κ1) is 8.51. The number of nitrogens with zero attached hydrogens (tertiary/aromatic N) is 2. The molecule has 11 heavy (non-hydrogen) atoms. The van der Waals surface area contributed by atoms with Crippen LogP contribution in [0, 0.1) is 17.2 Å². The van der Waals surface area contributed by atoms with Gasteiger partial charge in [-0.3, -0.25) is 4.90 Å². The lowest BCUT2D eigenvalue weighted by molar-refractivity contribution is 0.197. The van der Waals surface area contributed by atoms with E-state index in [-0.39, 0.29) is 0 Å². The smallest absolute Gasteiger partial charge is 0.0866 e. The van der Waals surface area contributed by atoms with Crippen LogP contribution in [-0.2, 0) is 0 Å². The average molecular weight is 153 g/mol. The van der Waals surface area contributed by atoms with Crippen LogP contribution in [0.3, 0.4) is 0 Å². The number of nitrogens with two attached hydrogens (primary N) is 1. The molecule has 1 rings (SSSR count). The summed E-state index contributed by atoms with van der Waals surface area (Å²) in [7, 11) is 0. The Bertz CT molecular complexity index is 150. The Balaban J connectivity index is 2.28. The molecule has 0 saturated carbocycles. The molecule has 2 N–H and O–H groups in total. The van der Waals surface area contributed by atoms with Gasteiger partial charge in [0.05, 0.1) is 12.6 Å². The van der Waals surface area contributed by atoms with Gasteiger partial charge in [-0.25, -0.2) is 0 Å². The zero-order valence-electron chi connectivity index (χ0n) is 6.79. The molecule has 0 aliphatic carbocycles. The van der Waals surface area contributed by atoms with E-state index in [1.54, 1.807) is 0 Å². The van der Waals surface area contributed by atoms with Crippen LogP contribution < -0.4 is 5.73 Å². The zero-order valence-corrected chi connectivity index (χ0v) is 6.79. The van der Waals surface area contributed by atoms with Gasteiger partial charge >= 0.3 is 0 Å². The molecule has 1 saturated heterocycles. The minimum Gasteiger partial charge on any atom is -0.330 e. The molecular formula is C8H15N3. The summed E-state index contributed by atoms with van der Waals surface area (Å²) in [6.45, 7) is 3.42. The van der Waals surface area contributed by atoms with Crippen molar-refractivity contribution in [2.45, 2.75) is 12.8 Å². The van der Waals surface area contributed by atoms with E-state index in [4.69, 9.17) is 11.0 Å². The van der Waals surface area contributed by atoms with E-state index in [9.17, 15) is 0 Å². The van der Waals surface area contributed by atoms with Gasteiger partial charge in [0, 0.05) is 6.54 Å². The minimum absolute atomic E-state index is 0.566. The van der Waals surface area contributed by atoms with Gasteiger partial charge in [-0.15, -0.1) is 0 Å². The Hall–Kier alpha value is -0.590. The van der Waals surface area contributed by atoms with Crippen molar-refractivity contribution in [2.24, 2.45) is 11.7 Å². The van der Waals surface area contributed by atoms with Crippen LogP contribution in [0.15, 0.2) is 0 Å². The maximum absolute atomic E-state index is 8.45. The lowest BCUT2D eigenvalue weighted by Crippen LogP contribution is -2.38. The first-order valence-electron chi connectivity index (χ1n) is 4.16. The first-order valence-corrected chi connectivity index (χ1v) is 4.16. The normalized spacial score (nSPS) is 26.4. The van der Waals surface area contributed by atoms with E-state index in [0.717, 1.165) is 19.6 Å². The third-order valence-electron chi connectivity index (χ3n) is 2.23. The Morgan fingerprint density at radius 3 is 3.09 bits per heavy atom. The molecule has 1 heterocycles. The minimum atomic E-state index is 0.566. The molecule has 3 heteroatoms. The van der Waals surface area contributed by atoms with E-state index in [1.165, 1.54) is 12.8 Å². The number of nitriles is 1. The summed E-state index contributed by atoms with van der Waals surface area (Å²) in [4.78, 5) is 2.18. The summed E-state index contributed by atoms with van der Waals surface area (Å²) < 4.78 is 0.